The molecule has 0 unspecified atom stereocenters. The zero-order chi connectivity index (χ0) is 15.2. The van der Waals surface area contributed by atoms with Gasteiger partial charge in [-0.05, 0) is 12.8 Å². The van der Waals surface area contributed by atoms with E-state index < -0.39 is 0 Å². The second-order valence-electron chi connectivity index (χ2n) is 5.06. The van der Waals surface area contributed by atoms with Gasteiger partial charge in [0.2, 0.25) is 11.1 Å². The number of carbonyl (C=O) groups is 1. The maximum absolute atomic E-state index is 11.8. The summed E-state index contributed by atoms with van der Waals surface area (Å²) in [5, 5.41) is 10.5. The number of rotatable bonds is 6. The van der Waals surface area contributed by atoms with E-state index >= 15 is 0 Å². The van der Waals surface area contributed by atoms with Gasteiger partial charge in [-0.25, -0.2) is 4.98 Å². The molecule has 3 rings (SSSR count). The van der Waals surface area contributed by atoms with Gasteiger partial charge < -0.3 is 10.1 Å². The minimum absolute atomic E-state index is 0.0217. The van der Waals surface area contributed by atoms with Gasteiger partial charge >= 0.3 is 0 Å². The number of ether oxygens (including phenoxy) is 1. The molecule has 1 aromatic carbocycles. The van der Waals surface area contributed by atoms with E-state index in [9.17, 15) is 4.79 Å². The molecule has 1 aromatic heterocycles. The summed E-state index contributed by atoms with van der Waals surface area (Å²) in [4.78, 5) is 16.2. The first kappa shape index (κ1) is 15.1. The lowest BCUT2D eigenvalue weighted by atomic mass is 10.2. The summed E-state index contributed by atoms with van der Waals surface area (Å²) in [6, 6.07) is 9.77. The van der Waals surface area contributed by atoms with Gasteiger partial charge in [-0.2, -0.15) is 0 Å². The molecule has 2 aromatic rings. The summed E-state index contributed by atoms with van der Waals surface area (Å²) in [7, 11) is 0. The Morgan fingerprint density at radius 2 is 2.27 bits per heavy atom. The number of aromatic amines is 1. The number of benzene rings is 1. The number of nitrogens with zero attached hydrogens (tertiary/aromatic N) is 2. The van der Waals surface area contributed by atoms with Crippen LogP contribution in [0.2, 0.25) is 0 Å². The third-order valence-electron chi connectivity index (χ3n) is 3.40. The molecular formula is C15H18N4O2S. The Labute approximate surface area is 133 Å². The molecule has 22 heavy (non-hydrogen) atoms. The Balaban J connectivity index is 1.45. The lowest BCUT2D eigenvalue weighted by Crippen LogP contribution is -2.32. The van der Waals surface area contributed by atoms with Crippen molar-refractivity contribution in [3.05, 3.63) is 30.3 Å². The van der Waals surface area contributed by atoms with Crippen LogP contribution in [0.4, 0.5) is 0 Å². The van der Waals surface area contributed by atoms with Crippen LogP contribution in [0.1, 0.15) is 12.8 Å². The molecule has 0 aliphatic carbocycles. The lowest BCUT2D eigenvalue weighted by molar-refractivity contribution is -0.119. The highest BCUT2D eigenvalue weighted by Crippen LogP contribution is 2.18. The van der Waals surface area contributed by atoms with Gasteiger partial charge in [-0.3, -0.25) is 9.89 Å². The topological polar surface area (TPSA) is 79.9 Å². The van der Waals surface area contributed by atoms with E-state index in [-0.39, 0.29) is 12.0 Å². The monoisotopic (exact) mass is 318 g/mol. The molecule has 7 heteroatoms. The molecule has 0 bridgehead atoms. The Morgan fingerprint density at radius 1 is 1.41 bits per heavy atom. The van der Waals surface area contributed by atoms with E-state index in [1.54, 1.807) is 0 Å². The van der Waals surface area contributed by atoms with Gasteiger partial charge in [-0.1, -0.05) is 42.1 Å². The number of amides is 1. The van der Waals surface area contributed by atoms with E-state index in [1.807, 2.05) is 30.3 Å². The van der Waals surface area contributed by atoms with Gasteiger partial charge in [0.15, 0.2) is 5.82 Å². The predicted molar refractivity (Wildman–Crippen MR) is 84.5 cm³/mol. The van der Waals surface area contributed by atoms with Crippen molar-refractivity contribution in [3.8, 4) is 11.4 Å². The Bertz CT molecular complexity index is 611. The number of H-pyrrole nitrogens is 1. The van der Waals surface area contributed by atoms with E-state index in [0.717, 1.165) is 25.0 Å². The number of hydrogen-bond donors (Lipinski definition) is 2. The Kier molecular flexibility index (Phi) is 5.07. The molecule has 2 N–H and O–H groups in total. The maximum Gasteiger partial charge on any atom is 0.230 e. The summed E-state index contributed by atoms with van der Waals surface area (Å²) in [5.74, 6) is 0.994. The van der Waals surface area contributed by atoms with Crippen LogP contribution < -0.4 is 5.32 Å². The number of nitrogens with one attached hydrogen (secondary N) is 2. The molecule has 0 saturated carbocycles. The lowest BCUT2D eigenvalue weighted by Gasteiger charge is -2.09. The summed E-state index contributed by atoms with van der Waals surface area (Å²) < 4.78 is 5.47. The normalized spacial score (nSPS) is 17.5. The Hall–Kier alpha value is -1.86. The number of aromatic nitrogens is 3. The smallest absolute Gasteiger partial charge is 0.230 e. The van der Waals surface area contributed by atoms with Crippen molar-refractivity contribution in [1.82, 2.24) is 20.5 Å². The minimum Gasteiger partial charge on any atom is -0.376 e. The first-order chi connectivity index (χ1) is 10.8. The fraction of sp³-hybridized carbons (Fsp3) is 0.400. The molecule has 2 heterocycles. The molecule has 6 nitrogen and oxygen atoms in total. The van der Waals surface area contributed by atoms with E-state index in [2.05, 4.69) is 20.5 Å². The van der Waals surface area contributed by atoms with Crippen LogP contribution in [-0.4, -0.2) is 46.1 Å². The zero-order valence-corrected chi connectivity index (χ0v) is 12.9. The van der Waals surface area contributed by atoms with Crippen LogP contribution in [0.25, 0.3) is 11.4 Å². The zero-order valence-electron chi connectivity index (χ0n) is 12.1. The molecule has 1 saturated heterocycles. The average molecular weight is 318 g/mol. The third kappa shape index (κ3) is 4.08. The first-order valence-corrected chi connectivity index (χ1v) is 8.29. The van der Waals surface area contributed by atoms with E-state index in [4.69, 9.17) is 4.74 Å². The van der Waals surface area contributed by atoms with Gasteiger partial charge in [0.1, 0.15) is 0 Å². The fourth-order valence-electron chi connectivity index (χ4n) is 2.25. The second kappa shape index (κ2) is 7.42. The van der Waals surface area contributed by atoms with Crippen molar-refractivity contribution < 1.29 is 9.53 Å². The number of carbonyl (C=O) groups excluding carboxylic acids is 1. The molecule has 0 radical (unpaired) electrons. The van der Waals surface area contributed by atoms with Crippen LogP contribution in [0.15, 0.2) is 35.5 Å². The highest BCUT2D eigenvalue weighted by atomic mass is 32.2. The molecule has 116 valence electrons. The molecule has 1 amide bonds. The highest BCUT2D eigenvalue weighted by Gasteiger charge is 2.16. The summed E-state index contributed by atoms with van der Waals surface area (Å²) in [6.45, 7) is 1.39. The summed E-state index contributed by atoms with van der Waals surface area (Å²) in [6.07, 6.45) is 2.27. The van der Waals surface area contributed by atoms with E-state index in [1.165, 1.54) is 11.8 Å². The molecule has 1 fully saturated rings. The molecule has 1 aliphatic rings. The van der Waals surface area contributed by atoms with Crippen molar-refractivity contribution in [3.63, 3.8) is 0 Å². The molecular weight excluding hydrogens is 300 g/mol. The van der Waals surface area contributed by atoms with Crippen molar-refractivity contribution in [2.45, 2.75) is 24.1 Å². The predicted octanol–water partition coefficient (Wildman–Crippen LogP) is 1.86. The number of thioether (sulfide) groups is 1. The summed E-state index contributed by atoms with van der Waals surface area (Å²) in [5.41, 5.74) is 0.977. The van der Waals surface area contributed by atoms with Crippen LogP contribution in [0, 0.1) is 0 Å². The van der Waals surface area contributed by atoms with Crippen molar-refractivity contribution in [1.29, 1.82) is 0 Å². The fourth-order valence-corrected chi connectivity index (χ4v) is 2.88. The van der Waals surface area contributed by atoms with Gasteiger partial charge in [0.05, 0.1) is 11.9 Å². The van der Waals surface area contributed by atoms with Crippen molar-refractivity contribution in [2.75, 3.05) is 18.9 Å². The Morgan fingerprint density at radius 3 is 3.05 bits per heavy atom. The SMILES string of the molecule is O=C(CSc1n[nH]c(-c2ccccc2)n1)NC[C@H]1CCCO1. The van der Waals surface area contributed by atoms with Crippen LogP contribution in [0.5, 0.6) is 0 Å². The first-order valence-electron chi connectivity index (χ1n) is 7.30. The average Bonchev–Trinajstić information content (AvgIpc) is 3.23. The summed E-state index contributed by atoms with van der Waals surface area (Å²) >= 11 is 1.32. The van der Waals surface area contributed by atoms with Crippen LogP contribution >= 0.6 is 11.8 Å². The number of hydrogen-bond acceptors (Lipinski definition) is 5. The molecule has 1 atom stereocenters. The van der Waals surface area contributed by atoms with Crippen LogP contribution in [0.3, 0.4) is 0 Å². The second-order valence-corrected chi connectivity index (χ2v) is 6.00. The third-order valence-corrected chi connectivity index (χ3v) is 4.24. The molecule has 1 aliphatic heterocycles. The van der Waals surface area contributed by atoms with Crippen molar-refractivity contribution in [2.24, 2.45) is 0 Å². The van der Waals surface area contributed by atoms with Crippen LogP contribution in [-0.2, 0) is 9.53 Å². The van der Waals surface area contributed by atoms with E-state index in [0.29, 0.717) is 23.3 Å². The highest BCUT2D eigenvalue weighted by molar-refractivity contribution is 7.99. The van der Waals surface area contributed by atoms with Gasteiger partial charge in [-0.15, -0.1) is 5.10 Å². The largest absolute Gasteiger partial charge is 0.376 e. The maximum atomic E-state index is 11.8. The van der Waals surface area contributed by atoms with Crippen molar-refractivity contribution >= 4 is 17.7 Å². The van der Waals surface area contributed by atoms with Gasteiger partial charge in [0, 0.05) is 18.7 Å². The minimum atomic E-state index is -0.0217. The van der Waals surface area contributed by atoms with Gasteiger partial charge in [0.25, 0.3) is 0 Å². The standard InChI is InChI=1S/C15H18N4O2S/c20-13(16-9-12-7-4-8-21-12)10-22-15-17-14(18-19-15)11-5-2-1-3-6-11/h1-3,5-6,12H,4,7-10H2,(H,16,20)(H,17,18,19)/t12-/m1/s1. The quantitative estimate of drug-likeness (QED) is 0.795. The molecule has 0 spiro atoms.